The molecule has 0 aliphatic carbocycles. The number of aliphatic imine (C=N–C) groups is 1. The maximum atomic E-state index is 16.0. The van der Waals surface area contributed by atoms with Crippen molar-refractivity contribution in [1.82, 2.24) is 0 Å². The molecule has 0 atom stereocenters. The van der Waals surface area contributed by atoms with Crippen LogP contribution < -0.4 is 15.3 Å². The van der Waals surface area contributed by atoms with Crippen molar-refractivity contribution in [3.05, 3.63) is 179 Å². The van der Waals surface area contributed by atoms with E-state index in [1.807, 2.05) is 166 Å². The number of amides is 1. The molecule has 0 aromatic heterocycles. The van der Waals surface area contributed by atoms with Gasteiger partial charge in [0.1, 0.15) is 0 Å². The van der Waals surface area contributed by atoms with Gasteiger partial charge in [0.2, 0.25) is 0 Å². The van der Waals surface area contributed by atoms with Crippen molar-refractivity contribution in [2.45, 2.75) is 20.8 Å². The standard InChI is InChI=1S/C42H38N2O4Si/c1-4-47-42(46)38-40(49(48-5-2,35-27-17-9-18-28-35)36-29-19-10-20-30-36)41(45)44(34-25-15-8-16-26-34)39(33-23-13-7-14-24-33)31(3)37(43-38)32-21-11-6-12-22-32/h6-30H,4-5H2,1-3H3/b39-31-,40-38+,43-37-. The van der Waals surface area contributed by atoms with Gasteiger partial charge in [0.25, 0.3) is 14.2 Å². The molecule has 1 amide bonds. The van der Waals surface area contributed by atoms with Crippen LogP contribution in [0.3, 0.4) is 0 Å². The number of hydrogen-bond acceptors (Lipinski definition) is 5. The predicted octanol–water partition coefficient (Wildman–Crippen LogP) is 7.11. The molecule has 49 heavy (non-hydrogen) atoms. The highest BCUT2D eigenvalue weighted by Gasteiger charge is 2.52. The zero-order valence-corrected chi connectivity index (χ0v) is 28.9. The van der Waals surface area contributed by atoms with Crippen molar-refractivity contribution in [1.29, 1.82) is 0 Å². The molecule has 7 heteroatoms. The molecule has 1 heterocycles. The van der Waals surface area contributed by atoms with E-state index < -0.39 is 20.2 Å². The Labute approximate surface area is 288 Å². The lowest BCUT2D eigenvalue weighted by atomic mass is 9.96. The third-order valence-corrected chi connectivity index (χ3v) is 12.6. The number of anilines is 1. The van der Waals surface area contributed by atoms with Gasteiger partial charge < -0.3 is 9.16 Å². The Morgan fingerprint density at radius 3 is 1.61 bits per heavy atom. The molecule has 0 saturated carbocycles. The smallest absolute Gasteiger partial charge is 0.357 e. The van der Waals surface area contributed by atoms with E-state index >= 15 is 4.79 Å². The van der Waals surface area contributed by atoms with E-state index in [-0.39, 0.29) is 24.1 Å². The number of para-hydroxylation sites is 1. The van der Waals surface area contributed by atoms with Gasteiger partial charge in [0.15, 0.2) is 5.70 Å². The second kappa shape index (κ2) is 15.1. The number of rotatable bonds is 10. The summed E-state index contributed by atoms with van der Waals surface area (Å²) in [6.07, 6.45) is 0. The van der Waals surface area contributed by atoms with Gasteiger partial charge in [0.05, 0.1) is 23.2 Å². The van der Waals surface area contributed by atoms with Crippen molar-refractivity contribution in [3.63, 3.8) is 0 Å². The van der Waals surface area contributed by atoms with Crippen molar-refractivity contribution in [2.24, 2.45) is 4.99 Å². The second-order valence-electron chi connectivity index (χ2n) is 11.4. The molecular formula is C42H38N2O4Si. The first-order valence-electron chi connectivity index (χ1n) is 16.5. The minimum absolute atomic E-state index is 0.0640. The summed E-state index contributed by atoms with van der Waals surface area (Å²) in [7, 11) is -3.82. The number of esters is 1. The lowest BCUT2D eigenvalue weighted by molar-refractivity contribution is -0.138. The molecule has 5 aromatic carbocycles. The lowest BCUT2D eigenvalue weighted by Crippen LogP contribution is -2.66. The van der Waals surface area contributed by atoms with E-state index in [2.05, 4.69) is 0 Å². The zero-order valence-electron chi connectivity index (χ0n) is 27.9. The molecule has 1 aliphatic heterocycles. The Kier molecular flexibility index (Phi) is 10.2. The average molecular weight is 663 g/mol. The quantitative estimate of drug-likeness (QED) is 0.118. The van der Waals surface area contributed by atoms with Gasteiger partial charge in [0, 0.05) is 23.4 Å². The van der Waals surface area contributed by atoms with Gasteiger partial charge >= 0.3 is 5.97 Å². The van der Waals surface area contributed by atoms with Gasteiger partial charge in [-0.15, -0.1) is 0 Å². The van der Waals surface area contributed by atoms with E-state index in [0.717, 1.165) is 27.1 Å². The number of hydrogen-bond donors (Lipinski definition) is 0. The van der Waals surface area contributed by atoms with Crippen LogP contribution in [0.15, 0.2) is 173 Å². The van der Waals surface area contributed by atoms with Crippen molar-refractivity contribution in [2.75, 3.05) is 18.1 Å². The number of benzene rings is 5. The van der Waals surface area contributed by atoms with E-state index in [4.69, 9.17) is 14.2 Å². The first kappa shape index (κ1) is 33.3. The highest BCUT2D eigenvalue weighted by molar-refractivity contribution is 7.06. The van der Waals surface area contributed by atoms with Crippen LogP contribution in [-0.2, 0) is 18.8 Å². The molecule has 1 aliphatic rings. The topological polar surface area (TPSA) is 68.2 Å². The van der Waals surface area contributed by atoms with Gasteiger partial charge in [-0.05, 0) is 48.8 Å². The second-order valence-corrected chi connectivity index (χ2v) is 14.7. The first-order chi connectivity index (χ1) is 24.0. The first-order valence-corrected chi connectivity index (χ1v) is 18.4. The van der Waals surface area contributed by atoms with Crippen LogP contribution in [0.5, 0.6) is 0 Å². The van der Waals surface area contributed by atoms with E-state index in [1.54, 1.807) is 11.8 Å². The summed E-state index contributed by atoms with van der Waals surface area (Å²) in [5.41, 5.74) is 4.11. The Balaban J connectivity index is 1.86. The van der Waals surface area contributed by atoms with Gasteiger partial charge in [-0.1, -0.05) is 140 Å². The fourth-order valence-electron chi connectivity index (χ4n) is 6.41. The Morgan fingerprint density at radius 1 is 0.653 bits per heavy atom. The maximum absolute atomic E-state index is 16.0. The number of ether oxygens (including phenoxy) is 1. The van der Waals surface area contributed by atoms with Crippen LogP contribution in [0.25, 0.3) is 5.70 Å². The SMILES string of the molecule is CCOC(=O)C1=C(/[Si](OCC)(c2ccccc2)c2ccccc2)C(=O)N(c2ccccc2)\C(c2ccccc2)=C(C)/C(c2ccccc2)=N/1. The van der Waals surface area contributed by atoms with Crippen LogP contribution in [-0.4, -0.2) is 39.1 Å². The summed E-state index contributed by atoms with van der Waals surface area (Å²) in [6.45, 7) is 6.00. The molecule has 0 unspecified atom stereocenters. The largest absolute Gasteiger partial charge is 0.461 e. The van der Waals surface area contributed by atoms with Crippen molar-refractivity contribution < 1.29 is 18.8 Å². The van der Waals surface area contributed by atoms with E-state index in [0.29, 0.717) is 17.1 Å². The predicted molar refractivity (Wildman–Crippen MR) is 199 cm³/mol. The molecule has 6 nitrogen and oxygen atoms in total. The van der Waals surface area contributed by atoms with Crippen LogP contribution in [0.1, 0.15) is 31.9 Å². The Morgan fingerprint density at radius 2 is 1.12 bits per heavy atom. The molecule has 0 N–H and O–H groups in total. The van der Waals surface area contributed by atoms with Crippen LogP contribution in [0.2, 0.25) is 0 Å². The molecule has 0 fully saturated rings. The summed E-state index contributed by atoms with van der Waals surface area (Å²) >= 11 is 0. The lowest BCUT2D eigenvalue weighted by Gasteiger charge is -2.38. The van der Waals surface area contributed by atoms with Crippen LogP contribution in [0, 0.1) is 0 Å². The monoisotopic (exact) mass is 662 g/mol. The summed E-state index contributed by atoms with van der Waals surface area (Å²) in [6, 6.07) is 48.6. The third kappa shape index (κ3) is 6.46. The molecule has 6 rings (SSSR count). The van der Waals surface area contributed by atoms with Crippen LogP contribution >= 0.6 is 0 Å². The van der Waals surface area contributed by atoms with Crippen molar-refractivity contribution in [3.8, 4) is 0 Å². The van der Waals surface area contributed by atoms with Crippen LogP contribution in [0.4, 0.5) is 5.69 Å². The molecule has 244 valence electrons. The summed E-state index contributed by atoms with van der Waals surface area (Å²) in [5.74, 6) is -1.09. The summed E-state index contributed by atoms with van der Waals surface area (Å²) in [5, 5.41) is 1.80. The molecule has 0 spiro atoms. The van der Waals surface area contributed by atoms with Gasteiger partial charge in [-0.25, -0.2) is 9.79 Å². The third-order valence-electron chi connectivity index (χ3n) is 8.46. The number of allylic oxidation sites excluding steroid dienone is 1. The number of carbonyl (C=O) groups is 2. The minimum Gasteiger partial charge on any atom is -0.461 e. The molecule has 0 bridgehead atoms. The van der Waals surface area contributed by atoms with Gasteiger partial charge in [-0.3, -0.25) is 9.69 Å². The average Bonchev–Trinajstić information content (AvgIpc) is 3.15. The fourth-order valence-corrected chi connectivity index (χ4v) is 10.5. The molecular weight excluding hydrogens is 625 g/mol. The van der Waals surface area contributed by atoms with Gasteiger partial charge in [-0.2, -0.15) is 0 Å². The maximum Gasteiger partial charge on any atom is 0.357 e. The fraction of sp³-hybridized carbons (Fsp3) is 0.119. The normalized spacial score (nSPS) is 17.9. The van der Waals surface area contributed by atoms with E-state index in [1.165, 1.54) is 0 Å². The number of nitrogens with zero attached hydrogens (tertiary/aromatic N) is 2. The summed E-state index contributed by atoms with van der Waals surface area (Å²) < 4.78 is 12.7. The minimum atomic E-state index is -3.82. The highest BCUT2D eigenvalue weighted by Crippen LogP contribution is 2.37. The Bertz CT molecular complexity index is 1970. The highest BCUT2D eigenvalue weighted by atomic mass is 28.4. The summed E-state index contributed by atoms with van der Waals surface area (Å²) in [4.78, 5) is 37.3. The number of carbonyl (C=O) groups excluding carboxylic acids is 2. The molecule has 5 aromatic rings. The molecule has 0 saturated heterocycles. The Hall–Kier alpha value is -5.63. The zero-order chi connectivity index (χ0) is 34.2. The molecule has 0 radical (unpaired) electrons. The van der Waals surface area contributed by atoms with E-state index in [9.17, 15) is 4.79 Å². The van der Waals surface area contributed by atoms with Crippen molar-refractivity contribution >= 4 is 47.7 Å².